The molecule has 2 aliphatic heterocycles. The number of anilines is 1. The molecule has 27 heavy (non-hydrogen) atoms. The van der Waals surface area contributed by atoms with Gasteiger partial charge in [0.1, 0.15) is 0 Å². The normalized spacial score (nSPS) is 22.5. The standard InChI is InChI=1S/C20H33N5O.HI/c1-3-21-20(25-10-9-19(26)16-25)22-15-17(2)23-11-13-24(14-12-23)18-7-5-4-6-8-18;/h4-8,17,19,26H,3,9-16H2,1-2H3,(H,21,22);1H/t17?,19-;/m1./s1. The summed E-state index contributed by atoms with van der Waals surface area (Å²) in [5.41, 5.74) is 1.32. The molecule has 2 heterocycles. The summed E-state index contributed by atoms with van der Waals surface area (Å²) in [5.74, 6) is 0.943. The highest BCUT2D eigenvalue weighted by molar-refractivity contribution is 14.0. The lowest BCUT2D eigenvalue weighted by Gasteiger charge is -2.38. The van der Waals surface area contributed by atoms with Crippen LogP contribution in [0.4, 0.5) is 5.69 Å². The van der Waals surface area contributed by atoms with Crippen LogP contribution in [0, 0.1) is 0 Å². The third-order valence-corrected chi connectivity index (χ3v) is 5.36. The Balaban J connectivity index is 0.00000261. The Labute approximate surface area is 180 Å². The number of guanidine groups is 1. The van der Waals surface area contributed by atoms with Gasteiger partial charge in [0.05, 0.1) is 12.6 Å². The Hall–Kier alpha value is -1.06. The first-order chi connectivity index (χ1) is 12.7. The number of piperazine rings is 1. The third-order valence-electron chi connectivity index (χ3n) is 5.36. The molecule has 2 aliphatic rings. The summed E-state index contributed by atoms with van der Waals surface area (Å²) < 4.78 is 0. The molecule has 3 rings (SSSR count). The zero-order chi connectivity index (χ0) is 18.4. The molecular weight excluding hydrogens is 453 g/mol. The van der Waals surface area contributed by atoms with Crippen LogP contribution in [0.3, 0.4) is 0 Å². The fraction of sp³-hybridized carbons (Fsp3) is 0.650. The Morgan fingerprint density at radius 1 is 1.19 bits per heavy atom. The number of aliphatic imine (C=N–C) groups is 1. The monoisotopic (exact) mass is 487 g/mol. The van der Waals surface area contributed by atoms with E-state index in [1.807, 2.05) is 0 Å². The van der Waals surface area contributed by atoms with Gasteiger partial charge in [0.2, 0.25) is 0 Å². The van der Waals surface area contributed by atoms with Gasteiger partial charge in [-0.25, -0.2) is 0 Å². The lowest BCUT2D eigenvalue weighted by molar-refractivity contribution is 0.187. The molecular formula is C20H34IN5O. The van der Waals surface area contributed by atoms with E-state index in [2.05, 4.69) is 64.2 Å². The van der Waals surface area contributed by atoms with Crippen LogP contribution in [0.2, 0.25) is 0 Å². The molecule has 2 atom stereocenters. The Bertz CT molecular complexity index is 577. The van der Waals surface area contributed by atoms with Crippen LogP contribution in [0.1, 0.15) is 20.3 Å². The Morgan fingerprint density at radius 2 is 1.89 bits per heavy atom. The molecule has 2 N–H and O–H groups in total. The zero-order valence-electron chi connectivity index (χ0n) is 16.5. The highest BCUT2D eigenvalue weighted by atomic mass is 127. The summed E-state index contributed by atoms with van der Waals surface area (Å²) in [7, 11) is 0. The van der Waals surface area contributed by atoms with E-state index in [1.165, 1.54) is 5.69 Å². The molecule has 1 aromatic rings. The molecule has 2 saturated heterocycles. The number of benzene rings is 1. The topological polar surface area (TPSA) is 54.3 Å². The van der Waals surface area contributed by atoms with Crippen molar-refractivity contribution in [2.45, 2.75) is 32.4 Å². The number of halogens is 1. The minimum Gasteiger partial charge on any atom is -0.391 e. The fourth-order valence-electron chi connectivity index (χ4n) is 3.75. The van der Waals surface area contributed by atoms with Crippen LogP contribution in [0.5, 0.6) is 0 Å². The number of aliphatic hydroxyl groups excluding tert-OH is 1. The summed E-state index contributed by atoms with van der Waals surface area (Å²) in [6.45, 7) is 11.9. The van der Waals surface area contributed by atoms with Crippen molar-refractivity contribution >= 4 is 35.6 Å². The smallest absolute Gasteiger partial charge is 0.194 e. The van der Waals surface area contributed by atoms with Crippen molar-refractivity contribution in [3.8, 4) is 0 Å². The van der Waals surface area contributed by atoms with Gasteiger partial charge < -0.3 is 20.2 Å². The maximum Gasteiger partial charge on any atom is 0.194 e. The van der Waals surface area contributed by atoms with Crippen molar-refractivity contribution in [2.75, 3.05) is 57.3 Å². The van der Waals surface area contributed by atoms with Crippen molar-refractivity contribution in [3.63, 3.8) is 0 Å². The molecule has 0 bridgehead atoms. The lowest BCUT2D eigenvalue weighted by atomic mass is 10.2. The molecule has 0 aliphatic carbocycles. The minimum absolute atomic E-state index is 0. The van der Waals surface area contributed by atoms with Gasteiger partial charge in [-0.1, -0.05) is 18.2 Å². The first kappa shape index (κ1) is 22.2. The summed E-state index contributed by atoms with van der Waals surface area (Å²) in [6.07, 6.45) is 0.615. The van der Waals surface area contributed by atoms with E-state index in [4.69, 9.17) is 4.99 Å². The summed E-state index contributed by atoms with van der Waals surface area (Å²) in [6, 6.07) is 11.1. The second-order valence-electron chi connectivity index (χ2n) is 7.29. The minimum atomic E-state index is -0.220. The van der Waals surface area contributed by atoms with Crippen LogP contribution in [-0.4, -0.2) is 85.4 Å². The number of likely N-dealkylation sites (tertiary alicyclic amines) is 1. The van der Waals surface area contributed by atoms with Gasteiger partial charge in [-0.05, 0) is 32.4 Å². The summed E-state index contributed by atoms with van der Waals surface area (Å²) in [5, 5.41) is 13.1. The van der Waals surface area contributed by atoms with Crippen LogP contribution >= 0.6 is 24.0 Å². The second-order valence-corrected chi connectivity index (χ2v) is 7.29. The average Bonchev–Trinajstić information content (AvgIpc) is 3.12. The largest absolute Gasteiger partial charge is 0.391 e. The van der Waals surface area contributed by atoms with E-state index >= 15 is 0 Å². The highest BCUT2D eigenvalue weighted by Gasteiger charge is 2.24. The number of β-amino-alcohol motifs (C(OH)–C–C–N with tert-alkyl or cyclic N) is 1. The number of nitrogens with one attached hydrogen (secondary N) is 1. The molecule has 7 heteroatoms. The van der Waals surface area contributed by atoms with Crippen LogP contribution < -0.4 is 10.2 Å². The van der Waals surface area contributed by atoms with Crippen molar-refractivity contribution in [2.24, 2.45) is 4.99 Å². The van der Waals surface area contributed by atoms with Crippen LogP contribution in [-0.2, 0) is 0 Å². The van der Waals surface area contributed by atoms with Gasteiger partial charge in [0, 0.05) is 57.5 Å². The van der Waals surface area contributed by atoms with Gasteiger partial charge in [-0.15, -0.1) is 24.0 Å². The van der Waals surface area contributed by atoms with E-state index in [0.717, 1.165) is 58.2 Å². The first-order valence-corrected chi connectivity index (χ1v) is 9.92. The van der Waals surface area contributed by atoms with Crippen molar-refractivity contribution in [3.05, 3.63) is 30.3 Å². The second kappa shape index (κ2) is 11.1. The van der Waals surface area contributed by atoms with E-state index in [0.29, 0.717) is 12.6 Å². The van der Waals surface area contributed by atoms with Crippen molar-refractivity contribution in [1.82, 2.24) is 15.1 Å². The molecule has 1 unspecified atom stereocenters. The van der Waals surface area contributed by atoms with E-state index in [1.54, 1.807) is 0 Å². The maximum absolute atomic E-state index is 9.78. The predicted octanol–water partition coefficient (Wildman–Crippen LogP) is 1.85. The first-order valence-electron chi connectivity index (χ1n) is 9.92. The molecule has 6 nitrogen and oxygen atoms in total. The number of hydrogen-bond donors (Lipinski definition) is 2. The van der Waals surface area contributed by atoms with Gasteiger partial charge in [0.15, 0.2) is 5.96 Å². The Kier molecular flexibility index (Phi) is 9.11. The molecule has 152 valence electrons. The van der Waals surface area contributed by atoms with Gasteiger partial charge in [0.25, 0.3) is 0 Å². The lowest BCUT2D eigenvalue weighted by Crippen LogP contribution is -2.50. The predicted molar refractivity (Wildman–Crippen MR) is 123 cm³/mol. The molecule has 0 aromatic heterocycles. The van der Waals surface area contributed by atoms with E-state index in [9.17, 15) is 5.11 Å². The SMILES string of the molecule is CCNC(=NCC(C)N1CCN(c2ccccc2)CC1)N1CC[C@@H](O)C1.I. The summed E-state index contributed by atoms with van der Waals surface area (Å²) in [4.78, 5) is 12.0. The molecule has 0 amide bonds. The zero-order valence-corrected chi connectivity index (χ0v) is 18.9. The third kappa shape index (κ3) is 6.22. The quantitative estimate of drug-likeness (QED) is 0.377. The van der Waals surface area contributed by atoms with E-state index < -0.39 is 0 Å². The maximum atomic E-state index is 9.78. The fourth-order valence-corrected chi connectivity index (χ4v) is 3.75. The van der Waals surface area contributed by atoms with Gasteiger partial charge in [-0.2, -0.15) is 0 Å². The van der Waals surface area contributed by atoms with E-state index in [-0.39, 0.29) is 30.1 Å². The number of rotatable bonds is 5. The molecule has 0 saturated carbocycles. The van der Waals surface area contributed by atoms with Gasteiger partial charge in [-0.3, -0.25) is 9.89 Å². The van der Waals surface area contributed by atoms with Crippen LogP contribution in [0.15, 0.2) is 35.3 Å². The number of aliphatic hydroxyl groups is 1. The number of hydrogen-bond acceptors (Lipinski definition) is 4. The molecule has 0 radical (unpaired) electrons. The summed E-state index contributed by atoms with van der Waals surface area (Å²) >= 11 is 0. The number of nitrogens with zero attached hydrogens (tertiary/aromatic N) is 4. The van der Waals surface area contributed by atoms with Crippen LogP contribution in [0.25, 0.3) is 0 Å². The molecule has 0 spiro atoms. The molecule has 2 fully saturated rings. The van der Waals surface area contributed by atoms with Crippen molar-refractivity contribution in [1.29, 1.82) is 0 Å². The van der Waals surface area contributed by atoms with Gasteiger partial charge >= 0.3 is 0 Å². The van der Waals surface area contributed by atoms with Crippen molar-refractivity contribution < 1.29 is 5.11 Å². The Morgan fingerprint density at radius 3 is 2.48 bits per heavy atom. The average molecular weight is 487 g/mol. The highest BCUT2D eigenvalue weighted by Crippen LogP contribution is 2.17. The molecule has 1 aromatic carbocycles. The number of para-hydroxylation sites is 1.